The Morgan fingerprint density at radius 1 is 1.28 bits per heavy atom. The van der Waals surface area contributed by atoms with Gasteiger partial charge >= 0.3 is 5.97 Å². The molecule has 0 spiro atoms. The van der Waals surface area contributed by atoms with Gasteiger partial charge in [0, 0.05) is 12.1 Å². The van der Waals surface area contributed by atoms with Crippen LogP contribution in [-0.2, 0) is 9.53 Å². The minimum Gasteiger partial charge on any atom is -0.452 e. The molecule has 25 heavy (non-hydrogen) atoms. The van der Waals surface area contributed by atoms with Gasteiger partial charge in [0.2, 0.25) is 0 Å². The van der Waals surface area contributed by atoms with Crippen molar-refractivity contribution < 1.29 is 23.6 Å². The first-order valence-corrected chi connectivity index (χ1v) is 6.82. The number of hydrogen-bond acceptors (Lipinski definition) is 6. The lowest BCUT2D eigenvalue weighted by Crippen LogP contribution is -2.21. The molecule has 0 aliphatic rings. The molecule has 0 unspecified atom stereocenters. The van der Waals surface area contributed by atoms with E-state index in [1.165, 1.54) is 24.3 Å². The smallest absolute Gasteiger partial charge is 0.341 e. The number of amides is 1. The maximum absolute atomic E-state index is 13.4. The summed E-state index contributed by atoms with van der Waals surface area (Å²) in [5.41, 5.74) is -0.716. The summed E-state index contributed by atoms with van der Waals surface area (Å²) in [5.74, 6) is -2.58. The second-order valence-corrected chi connectivity index (χ2v) is 4.70. The van der Waals surface area contributed by atoms with Crippen LogP contribution in [0.3, 0.4) is 0 Å². The van der Waals surface area contributed by atoms with Crippen molar-refractivity contribution in [3.63, 3.8) is 0 Å². The largest absolute Gasteiger partial charge is 0.452 e. The summed E-state index contributed by atoms with van der Waals surface area (Å²) in [6, 6.07) is 10.1. The molecule has 0 aromatic heterocycles. The molecule has 2 aromatic rings. The minimum atomic E-state index is -1.02. The van der Waals surface area contributed by atoms with E-state index in [0.29, 0.717) is 0 Å². The molecule has 9 heteroatoms. The van der Waals surface area contributed by atoms with Crippen LogP contribution in [0.2, 0.25) is 0 Å². The van der Waals surface area contributed by atoms with Crippen molar-refractivity contribution in [1.29, 1.82) is 5.26 Å². The fraction of sp³-hybridized carbons (Fsp3) is 0.0625. The second-order valence-electron chi connectivity index (χ2n) is 4.70. The molecule has 0 radical (unpaired) electrons. The molecular formula is C16H10FN3O5. The second kappa shape index (κ2) is 7.65. The third-order valence-electron chi connectivity index (χ3n) is 3.04. The molecule has 0 atom stereocenters. The Labute approximate surface area is 140 Å². The number of nitriles is 1. The standard InChI is InChI=1S/C16H10FN3O5/c17-13-4-2-1-3-12(13)16(22)25-9-15(21)19-14-6-5-11(20(23)24)7-10(14)8-18/h1-7H,9H2,(H,19,21). The summed E-state index contributed by atoms with van der Waals surface area (Å²) in [4.78, 5) is 33.5. The number of ether oxygens (including phenoxy) is 1. The number of esters is 1. The predicted molar refractivity (Wildman–Crippen MR) is 83.1 cm³/mol. The van der Waals surface area contributed by atoms with Crippen LogP contribution in [0.25, 0.3) is 0 Å². The first-order chi connectivity index (χ1) is 11.9. The summed E-state index contributed by atoms with van der Waals surface area (Å²) < 4.78 is 18.1. The number of anilines is 1. The lowest BCUT2D eigenvalue weighted by molar-refractivity contribution is -0.384. The van der Waals surface area contributed by atoms with Gasteiger partial charge in [0.25, 0.3) is 11.6 Å². The number of nitro benzene ring substituents is 1. The predicted octanol–water partition coefficient (Wildman–Crippen LogP) is 2.40. The van der Waals surface area contributed by atoms with Gasteiger partial charge in [-0.2, -0.15) is 5.26 Å². The number of halogens is 1. The summed E-state index contributed by atoms with van der Waals surface area (Å²) in [6.45, 7) is -0.713. The number of nitrogens with zero attached hydrogens (tertiary/aromatic N) is 2. The Bertz CT molecular complexity index is 892. The highest BCUT2D eigenvalue weighted by Crippen LogP contribution is 2.21. The molecule has 1 N–H and O–H groups in total. The zero-order valence-electron chi connectivity index (χ0n) is 12.6. The van der Waals surface area contributed by atoms with Crippen LogP contribution in [0.5, 0.6) is 0 Å². The van der Waals surface area contributed by atoms with Crippen molar-refractivity contribution in [3.8, 4) is 6.07 Å². The summed E-state index contributed by atoms with van der Waals surface area (Å²) in [7, 11) is 0. The molecule has 2 rings (SSSR count). The summed E-state index contributed by atoms with van der Waals surface area (Å²) >= 11 is 0. The third-order valence-corrected chi connectivity index (χ3v) is 3.04. The molecular weight excluding hydrogens is 333 g/mol. The van der Waals surface area contributed by atoms with E-state index in [4.69, 9.17) is 10.00 Å². The van der Waals surface area contributed by atoms with Gasteiger partial charge in [0.1, 0.15) is 11.9 Å². The first kappa shape index (κ1) is 17.6. The van der Waals surface area contributed by atoms with Gasteiger partial charge in [-0.3, -0.25) is 14.9 Å². The lowest BCUT2D eigenvalue weighted by atomic mass is 10.1. The minimum absolute atomic E-state index is 0.0278. The number of nitrogens with one attached hydrogen (secondary N) is 1. The molecule has 0 saturated heterocycles. The fourth-order valence-corrected chi connectivity index (χ4v) is 1.87. The van der Waals surface area contributed by atoms with E-state index in [0.717, 1.165) is 18.2 Å². The molecule has 1 amide bonds. The zero-order chi connectivity index (χ0) is 18.4. The van der Waals surface area contributed by atoms with Crippen LogP contribution in [0.4, 0.5) is 15.8 Å². The van der Waals surface area contributed by atoms with Gasteiger partial charge in [-0.1, -0.05) is 12.1 Å². The number of carbonyl (C=O) groups is 2. The Hall–Kier alpha value is -3.80. The highest BCUT2D eigenvalue weighted by atomic mass is 19.1. The van der Waals surface area contributed by atoms with E-state index in [1.807, 2.05) is 0 Å². The van der Waals surface area contributed by atoms with E-state index in [2.05, 4.69) is 5.32 Å². The molecule has 0 saturated carbocycles. The quantitative estimate of drug-likeness (QED) is 0.505. The van der Waals surface area contributed by atoms with E-state index in [-0.39, 0.29) is 22.5 Å². The first-order valence-electron chi connectivity index (χ1n) is 6.82. The van der Waals surface area contributed by atoms with Crippen molar-refractivity contribution in [2.24, 2.45) is 0 Å². The van der Waals surface area contributed by atoms with Crippen LogP contribution in [0, 0.1) is 27.3 Å². The Balaban J connectivity index is 2.01. The van der Waals surface area contributed by atoms with Crippen molar-refractivity contribution in [2.45, 2.75) is 0 Å². The fourth-order valence-electron chi connectivity index (χ4n) is 1.87. The van der Waals surface area contributed by atoms with Crippen LogP contribution in [0.15, 0.2) is 42.5 Å². The van der Waals surface area contributed by atoms with Gasteiger partial charge in [0.15, 0.2) is 6.61 Å². The molecule has 126 valence electrons. The van der Waals surface area contributed by atoms with Gasteiger partial charge in [-0.05, 0) is 18.2 Å². The Morgan fingerprint density at radius 2 is 2.00 bits per heavy atom. The molecule has 0 heterocycles. The van der Waals surface area contributed by atoms with Gasteiger partial charge in [-0.15, -0.1) is 0 Å². The van der Waals surface area contributed by atoms with E-state index in [1.54, 1.807) is 6.07 Å². The highest BCUT2D eigenvalue weighted by molar-refractivity contribution is 5.96. The van der Waals surface area contributed by atoms with Crippen molar-refractivity contribution in [2.75, 3.05) is 11.9 Å². The van der Waals surface area contributed by atoms with Gasteiger partial charge < -0.3 is 10.1 Å². The number of benzene rings is 2. The zero-order valence-corrected chi connectivity index (χ0v) is 12.6. The SMILES string of the molecule is N#Cc1cc([N+](=O)[O-])ccc1NC(=O)COC(=O)c1ccccc1F. The highest BCUT2D eigenvalue weighted by Gasteiger charge is 2.16. The average molecular weight is 343 g/mol. The molecule has 8 nitrogen and oxygen atoms in total. The topological polar surface area (TPSA) is 122 Å². The van der Waals surface area contributed by atoms with E-state index in [9.17, 15) is 24.1 Å². The summed E-state index contributed by atoms with van der Waals surface area (Å²) in [5, 5.41) is 21.9. The number of non-ortho nitro benzene ring substituents is 1. The maximum Gasteiger partial charge on any atom is 0.341 e. The van der Waals surface area contributed by atoms with Gasteiger partial charge in [-0.25, -0.2) is 9.18 Å². The van der Waals surface area contributed by atoms with Crippen molar-refractivity contribution in [1.82, 2.24) is 0 Å². The van der Waals surface area contributed by atoms with E-state index >= 15 is 0 Å². The Morgan fingerprint density at radius 3 is 2.64 bits per heavy atom. The van der Waals surface area contributed by atoms with Gasteiger partial charge in [0.05, 0.1) is 21.7 Å². The number of hydrogen-bond donors (Lipinski definition) is 1. The maximum atomic E-state index is 13.4. The molecule has 0 aliphatic heterocycles. The number of nitro groups is 1. The van der Waals surface area contributed by atoms with Crippen molar-refractivity contribution >= 4 is 23.3 Å². The van der Waals surface area contributed by atoms with Crippen LogP contribution < -0.4 is 5.32 Å². The molecule has 2 aromatic carbocycles. The van der Waals surface area contributed by atoms with Crippen molar-refractivity contribution in [3.05, 3.63) is 69.5 Å². The lowest BCUT2D eigenvalue weighted by Gasteiger charge is -2.08. The normalized spacial score (nSPS) is 9.76. The van der Waals surface area contributed by atoms with Crippen LogP contribution in [0.1, 0.15) is 15.9 Å². The summed E-state index contributed by atoms with van der Waals surface area (Å²) in [6.07, 6.45) is 0. The number of carbonyl (C=O) groups excluding carboxylic acids is 2. The van der Waals surface area contributed by atoms with E-state index < -0.39 is 29.2 Å². The average Bonchev–Trinajstić information content (AvgIpc) is 2.60. The monoisotopic (exact) mass is 343 g/mol. The molecule has 0 aliphatic carbocycles. The van der Waals surface area contributed by atoms with Crippen LogP contribution >= 0.6 is 0 Å². The van der Waals surface area contributed by atoms with Crippen LogP contribution in [-0.4, -0.2) is 23.4 Å². The molecule has 0 bridgehead atoms. The number of rotatable bonds is 5. The third kappa shape index (κ3) is 4.35. The molecule has 0 fully saturated rings. The Kier molecular flexibility index (Phi) is 5.37.